The number of esters is 1. The highest BCUT2D eigenvalue weighted by molar-refractivity contribution is 5.83. The van der Waals surface area contributed by atoms with Crippen LogP contribution in [0.2, 0.25) is 0 Å². The lowest BCUT2D eigenvalue weighted by Gasteiger charge is -2.18. The van der Waals surface area contributed by atoms with Crippen LogP contribution in [0, 0.1) is 5.92 Å². The molecule has 1 N–H and O–H groups in total. The predicted molar refractivity (Wildman–Crippen MR) is 64.1 cm³/mol. The van der Waals surface area contributed by atoms with Crippen LogP contribution in [0.1, 0.15) is 18.1 Å². The SMILES string of the molecule is COc1ccc(OC)c(C2OC(=O)CC2C(=O)O)c1. The van der Waals surface area contributed by atoms with Crippen LogP contribution in [-0.2, 0) is 14.3 Å². The van der Waals surface area contributed by atoms with E-state index in [2.05, 4.69) is 0 Å². The highest BCUT2D eigenvalue weighted by atomic mass is 16.6. The van der Waals surface area contributed by atoms with E-state index in [1.165, 1.54) is 14.2 Å². The molecule has 2 unspecified atom stereocenters. The fraction of sp³-hybridized carbons (Fsp3) is 0.385. The van der Waals surface area contributed by atoms with E-state index in [1.54, 1.807) is 18.2 Å². The Morgan fingerprint density at radius 1 is 1.37 bits per heavy atom. The number of benzene rings is 1. The van der Waals surface area contributed by atoms with Gasteiger partial charge < -0.3 is 19.3 Å². The summed E-state index contributed by atoms with van der Waals surface area (Å²) in [4.78, 5) is 22.5. The van der Waals surface area contributed by atoms with Crippen molar-refractivity contribution in [3.63, 3.8) is 0 Å². The van der Waals surface area contributed by atoms with Gasteiger partial charge in [0.25, 0.3) is 0 Å². The standard InChI is InChI=1S/C13H14O6/c1-17-7-3-4-10(18-2)8(5-7)12-9(13(15)16)6-11(14)19-12/h3-5,9,12H,6H2,1-2H3,(H,15,16). The number of carbonyl (C=O) groups excluding carboxylic acids is 1. The third-order valence-electron chi connectivity index (χ3n) is 3.07. The number of hydrogen-bond donors (Lipinski definition) is 1. The van der Waals surface area contributed by atoms with Crippen LogP contribution in [0.15, 0.2) is 18.2 Å². The monoisotopic (exact) mass is 266 g/mol. The molecule has 0 radical (unpaired) electrons. The molecule has 1 heterocycles. The van der Waals surface area contributed by atoms with Crippen molar-refractivity contribution in [2.75, 3.05) is 14.2 Å². The Bertz CT molecular complexity index is 510. The van der Waals surface area contributed by atoms with Crippen molar-refractivity contribution >= 4 is 11.9 Å². The third-order valence-corrected chi connectivity index (χ3v) is 3.07. The first-order chi connectivity index (χ1) is 9.06. The highest BCUT2D eigenvalue weighted by Crippen LogP contribution is 2.41. The summed E-state index contributed by atoms with van der Waals surface area (Å²) in [6.45, 7) is 0. The van der Waals surface area contributed by atoms with Crippen molar-refractivity contribution in [2.45, 2.75) is 12.5 Å². The molecule has 1 aromatic carbocycles. The molecule has 2 rings (SSSR count). The normalized spacial score (nSPS) is 21.9. The van der Waals surface area contributed by atoms with E-state index < -0.39 is 24.0 Å². The zero-order valence-electron chi connectivity index (χ0n) is 10.6. The number of hydrogen-bond acceptors (Lipinski definition) is 5. The molecule has 1 saturated heterocycles. The number of carboxylic acid groups (broad SMARTS) is 1. The Morgan fingerprint density at radius 2 is 2.11 bits per heavy atom. The van der Waals surface area contributed by atoms with E-state index >= 15 is 0 Å². The molecule has 0 aromatic heterocycles. The van der Waals surface area contributed by atoms with E-state index in [0.717, 1.165) is 0 Å². The molecule has 0 bridgehead atoms. The first-order valence-electron chi connectivity index (χ1n) is 5.71. The zero-order chi connectivity index (χ0) is 14.0. The largest absolute Gasteiger partial charge is 0.497 e. The lowest BCUT2D eigenvalue weighted by Crippen LogP contribution is -2.18. The lowest BCUT2D eigenvalue weighted by atomic mass is 9.94. The van der Waals surface area contributed by atoms with E-state index in [-0.39, 0.29) is 6.42 Å². The summed E-state index contributed by atoms with van der Waals surface area (Å²) in [5.74, 6) is -1.49. The van der Waals surface area contributed by atoms with Gasteiger partial charge in [-0.25, -0.2) is 0 Å². The third kappa shape index (κ3) is 2.47. The molecule has 0 amide bonds. The first-order valence-corrected chi connectivity index (χ1v) is 5.71. The number of carbonyl (C=O) groups is 2. The number of methoxy groups -OCH3 is 2. The van der Waals surface area contributed by atoms with Gasteiger partial charge in [0, 0.05) is 5.56 Å². The summed E-state index contributed by atoms with van der Waals surface area (Å²) in [5.41, 5.74) is 0.500. The molecule has 1 aliphatic rings. The van der Waals surface area contributed by atoms with Crippen LogP contribution in [0.5, 0.6) is 11.5 Å². The van der Waals surface area contributed by atoms with Gasteiger partial charge in [0.15, 0.2) is 0 Å². The summed E-state index contributed by atoms with van der Waals surface area (Å²) in [7, 11) is 2.97. The Labute approximate surface area is 109 Å². The number of rotatable bonds is 4. The fourth-order valence-corrected chi connectivity index (χ4v) is 2.12. The molecule has 102 valence electrons. The van der Waals surface area contributed by atoms with Crippen molar-refractivity contribution in [3.8, 4) is 11.5 Å². The smallest absolute Gasteiger partial charge is 0.311 e. The maximum absolute atomic E-state index is 11.3. The van der Waals surface area contributed by atoms with Crippen molar-refractivity contribution in [2.24, 2.45) is 5.92 Å². The summed E-state index contributed by atoms with van der Waals surface area (Å²) in [5, 5.41) is 9.15. The van der Waals surface area contributed by atoms with Crippen LogP contribution >= 0.6 is 0 Å². The van der Waals surface area contributed by atoms with Crippen molar-refractivity contribution in [1.82, 2.24) is 0 Å². The van der Waals surface area contributed by atoms with Gasteiger partial charge >= 0.3 is 11.9 Å². The summed E-state index contributed by atoms with van der Waals surface area (Å²) in [6, 6.07) is 4.96. The van der Waals surface area contributed by atoms with Crippen LogP contribution in [0.3, 0.4) is 0 Å². The summed E-state index contributed by atoms with van der Waals surface area (Å²) in [6.07, 6.45) is -0.990. The van der Waals surface area contributed by atoms with Gasteiger partial charge in [-0.1, -0.05) is 0 Å². The summed E-state index contributed by atoms with van der Waals surface area (Å²) < 4.78 is 15.4. The highest BCUT2D eigenvalue weighted by Gasteiger charge is 2.42. The number of carboxylic acids is 1. The Kier molecular flexibility index (Phi) is 3.59. The second-order valence-electron chi connectivity index (χ2n) is 4.17. The van der Waals surface area contributed by atoms with Crippen molar-refractivity contribution in [1.29, 1.82) is 0 Å². The predicted octanol–water partition coefficient (Wildman–Crippen LogP) is 1.39. The molecule has 1 aromatic rings. The average Bonchev–Trinajstić information content (AvgIpc) is 2.80. The van der Waals surface area contributed by atoms with Crippen molar-refractivity contribution in [3.05, 3.63) is 23.8 Å². The van der Waals surface area contributed by atoms with Gasteiger partial charge in [-0.15, -0.1) is 0 Å². The van der Waals surface area contributed by atoms with Crippen LogP contribution in [0.4, 0.5) is 0 Å². The molecule has 6 nitrogen and oxygen atoms in total. The van der Waals surface area contributed by atoms with Crippen molar-refractivity contribution < 1.29 is 28.9 Å². The maximum Gasteiger partial charge on any atom is 0.311 e. The molecular weight excluding hydrogens is 252 g/mol. The number of cyclic esters (lactones) is 1. The van der Waals surface area contributed by atoms with E-state index in [1.807, 2.05) is 0 Å². The quantitative estimate of drug-likeness (QED) is 0.829. The van der Waals surface area contributed by atoms with Gasteiger partial charge in [0.2, 0.25) is 0 Å². The van der Waals surface area contributed by atoms with E-state index in [9.17, 15) is 9.59 Å². The van der Waals surface area contributed by atoms with Gasteiger partial charge in [0.1, 0.15) is 23.5 Å². The first kappa shape index (κ1) is 13.2. The molecule has 1 aliphatic heterocycles. The van der Waals surface area contributed by atoms with E-state index in [0.29, 0.717) is 17.1 Å². The molecule has 0 saturated carbocycles. The topological polar surface area (TPSA) is 82.1 Å². The molecule has 6 heteroatoms. The number of ether oxygens (including phenoxy) is 3. The second kappa shape index (κ2) is 5.17. The minimum absolute atomic E-state index is 0.139. The minimum atomic E-state index is -1.07. The average molecular weight is 266 g/mol. The Balaban J connectivity index is 2.43. The van der Waals surface area contributed by atoms with Gasteiger partial charge in [-0.05, 0) is 18.2 Å². The van der Waals surface area contributed by atoms with Crippen LogP contribution in [-0.4, -0.2) is 31.3 Å². The lowest BCUT2D eigenvalue weighted by molar-refractivity contribution is -0.144. The molecule has 0 spiro atoms. The molecule has 19 heavy (non-hydrogen) atoms. The second-order valence-corrected chi connectivity index (χ2v) is 4.17. The molecule has 0 aliphatic carbocycles. The zero-order valence-corrected chi connectivity index (χ0v) is 10.6. The maximum atomic E-state index is 11.3. The Hall–Kier alpha value is -2.24. The van der Waals surface area contributed by atoms with E-state index in [4.69, 9.17) is 19.3 Å². The van der Waals surface area contributed by atoms with Gasteiger partial charge in [0.05, 0.1) is 20.6 Å². The molecular formula is C13H14O6. The molecule has 1 fully saturated rings. The van der Waals surface area contributed by atoms with Gasteiger partial charge in [-0.2, -0.15) is 0 Å². The fourth-order valence-electron chi connectivity index (χ4n) is 2.12. The Morgan fingerprint density at radius 3 is 2.68 bits per heavy atom. The summed E-state index contributed by atoms with van der Waals surface area (Å²) >= 11 is 0. The minimum Gasteiger partial charge on any atom is -0.497 e. The van der Waals surface area contributed by atoms with Crippen LogP contribution < -0.4 is 9.47 Å². The molecule has 2 atom stereocenters. The number of aliphatic carboxylic acids is 1. The van der Waals surface area contributed by atoms with Crippen LogP contribution in [0.25, 0.3) is 0 Å². The van der Waals surface area contributed by atoms with Gasteiger partial charge in [-0.3, -0.25) is 9.59 Å².